The van der Waals surface area contributed by atoms with Gasteiger partial charge in [-0.05, 0) is 55.7 Å². The minimum absolute atomic E-state index is 0.742. The van der Waals surface area contributed by atoms with E-state index in [1.54, 1.807) is 14.2 Å². The van der Waals surface area contributed by atoms with E-state index in [4.69, 9.17) is 23.7 Å². The number of fused-ring (bicyclic) bond motifs is 1. The number of ether oxygens (including phenoxy) is 3. The van der Waals surface area contributed by atoms with Gasteiger partial charge in [-0.3, -0.25) is 4.90 Å². The maximum absolute atomic E-state index is 5.53. The van der Waals surface area contributed by atoms with Crippen molar-refractivity contribution in [2.24, 2.45) is 0 Å². The predicted molar refractivity (Wildman–Crippen MR) is 139 cm³/mol. The zero-order valence-corrected chi connectivity index (χ0v) is 21.5. The molecule has 2 aromatic carbocycles. The molecule has 0 bridgehead atoms. The standard InChI is InChI=1S/C28H34N4O4/c1-19-28(20(2)36-30-19)22-7-8-24-23(18-22)29-27(32(24)12-11-31-13-15-35-16-14-31)10-6-21-5-9-25(33-3)26(17-21)34-4/h5,7-9,17-18H,6,10-16H2,1-4H3. The number of benzene rings is 2. The summed E-state index contributed by atoms with van der Waals surface area (Å²) in [5, 5.41) is 4.13. The van der Waals surface area contributed by atoms with Crippen molar-refractivity contribution in [2.45, 2.75) is 33.2 Å². The predicted octanol–water partition coefficient (Wildman–Crippen LogP) is 4.44. The van der Waals surface area contributed by atoms with E-state index in [9.17, 15) is 0 Å². The van der Waals surface area contributed by atoms with Crippen LogP contribution in [-0.4, -0.2) is 66.7 Å². The van der Waals surface area contributed by atoms with E-state index in [0.29, 0.717) is 0 Å². The Morgan fingerprint density at radius 3 is 2.44 bits per heavy atom. The molecule has 0 radical (unpaired) electrons. The lowest BCUT2D eigenvalue weighted by molar-refractivity contribution is 0.0364. The molecular formula is C28H34N4O4. The van der Waals surface area contributed by atoms with E-state index in [-0.39, 0.29) is 0 Å². The average Bonchev–Trinajstić information content (AvgIpc) is 3.44. The number of rotatable bonds is 9. The van der Waals surface area contributed by atoms with Gasteiger partial charge in [-0.15, -0.1) is 0 Å². The van der Waals surface area contributed by atoms with Crippen LogP contribution in [0.1, 0.15) is 22.8 Å². The van der Waals surface area contributed by atoms with Gasteiger partial charge in [0, 0.05) is 38.2 Å². The second kappa shape index (κ2) is 10.7. The van der Waals surface area contributed by atoms with Crippen LogP contribution in [-0.2, 0) is 24.1 Å². The number of aryl methyl sites for hydroxylation is 4. The highest BCUT2D eigenvalue weighted by molar-refractivity contribution is 5.83. The van der Waals surface area contributed by atoms with Crippen molar-refractivity contribution in [2.75, 3.05) is 47.1 Å². The molecule has 1 aliphatic rings. The second-order valence-corrected chi connectivity index (χ2v) is 9.23. The zero-order valence-electron chi connectivity index (χ0n) is 21.5. The summed E-state index contributed by atoms with van der Waals surface area (Å²) in [6, 6.07) is 12.6. The van der Waals surface area contributed by atoms with Crippen LogP contribution < -0.4 is 9.47 Å². The lowest BCUT2D eigenvalue weighted by Crippen LogP contribution is -2.38. The molecule has 3 heterocycles. The summed E-state index contributed by atoms with van der Waals surface area (Å²) in [5.74, 6) is 3.40. The highest BCUT2D eigenvalue weighted by atomic mass is 16.5. The first-order valence-corrected chi connectivity index (χ1v) is 12.5. The van der Waals surface area contributed by atoms with Crippen molar-refractivity contribution in [1.29, 1.82) is 0 Å². The number of morpholine rings is 1. The third kappa shape index (κ3) is 4.96. The summed E-state index contributed by atoms with van der Waals surface area (Å²) in [7, 11) is 3.33. The van der Waals surface area contributed by atoms with E-state index >= 15 is 0 Å². The van der Waals surface area contributed by atoms with Crippen LogP contribution in [0.3, 0.4) is 0 Å². The molecule has 0 spiro atoms. The van der Waals surface area contributed by atoms with Crippen LogP contribution in [0, 0.1) is 13.8 Å². The fraction of sp³-hybridized carbons (Fsp3) is 0.429. The third-order valence-electron chi connectivity index (χ3n) is 6.98. The lowest BCUT2D eigenvalue weighted by Gasteiger charge is -2.27. The molecule has 1 saturated heterocycles. The molecule has 4 aromatic rings. The highest BCUT2D eigenvalue weighted by Crippen LogP contribution is 2.31. The first-order chi connectivity index (χ1) is 17.6. The van der Waals surface area contributed by atoms with Gasteiger partial charge in [-0.1, -0.05) is 17.3 Å². The van der Waals surface area contributed by atoms with E-state index in [1.807, 2.05) is 19.9 Å². The molecule has 1 fully saturated rings. The van der Waals surface area contributed by atoms with Crippen molar-refractivity contribution >= 4 is 11.0 Å². The van der Waals surface area contributed by atoms with E-state index in [0.717, 1.165) is 103 Å². The summed E-state index contributed by atoms with van der Waals surface area (Å²) in [4.78, 5) is 7.57. The van der Waals surface area contributed by atoms with Gasteiger partial charge in [0.15, 0.2) is 11.5 Å². The number of methoxy groups -OCH3 is 2. The van der Waals surface area contributed by atoms with Gasteiger partial charge in [0.05, 0.1) is 44.2 Å². The molecule has 36 heavy (non-hydrogen) atoms. The monoisotopic (exact) mass is 490 g/mol. The summed E-state index contributed by atoms with van der Waals surface area (Å²) in [6.07, 6.45) is 1.69. The summed E-state index contributed by atoms with van der Waals surface area (Å²) < 4.78 is 24.2. The zero-order chi connectivity index (χ0) is 25.1. The molecular weight excluding hydrogens is 456 g/mol. The van der Waals surface area contributed by atoms with Crippen LogP contribution in [0.2, 0.25) is 0 Å². The highest BCUT2D eigenvalue weighted by Gasteiger charge is 2.17. The molecule has 1 aliphatic heterocycles. The average molecular weight is 491 g/mol. The fourth-order valence-electron chi connectivity index (χ4n) is 5.03. The number of nitrogens with zero attached hydrogens (tertiary/aromatic N) is 4. The molecule has 190 valence electrons. The second-order valence-electron chi connectivity index (χ2n) is 9.23. The van der Waals surface area contributed by atoms with Crippen LogP contribution in [0.15, 0.2) is 40.9 Å². The molecule has 2 aromatic heterocycles. The first kappa shape index (κ1) is 24.3. The number of hydrogen-bond donors (Lipinski definition) is 0. The van der Waals surface area contributed by atoms with E-state index in [2.05, 4.69) is 45.0 Å². The fourth-order valence-corrected chi connectivity index (χ4v) is 5.03. The first-order valence-electron chi connectivity index (χ1n) is 12.5. The smallest absolute Gasteiger partial charge is 0.160 e. The van der Waals surface area contributed by atoms with Crippen molar-refractivity contribution < 1.29 is 18.7 Å². The van der Waals surface area contributed by atoms with Gasteiger partial charge in [0.2, 0.25) is 0 Å². The summed E-state index contributed by atoms with van der Waals surface area (Å²) in [6.45, 7) is 9.36. The topological polar surface area (TPSA) is 74.8 Å². The normalized spacial score (nSPS) is 14.4. The van der Waals surface area contributed by atoms with Gasteiger partial charge in [-0.2, -0.15) is 0 Å². The lowest BCUT2D eigenvalue weighted by atomic mass is 10.0. The van der Waals surface area contributed by atoms with Gasteiger partial charge >= 0.3 is 0 Å². The van der Waals surface area contributed by atoms with Gasteiger partial charge < -0.3 is 23.3 Å². The molecule has 0 unspecified atom stereocenters. The Balaban J connectivity index is 1.45. The number of imidazole rings is 1. The van der Waals surface area contributed by atoms with Gasteiger partial charge in [0.1, 0.15) is 11.6 Å². The van der Waals surface area contributed by atoms with E-state index < -0.39 is 0 Å². The molecule has 0 amide bonds. The Labute approximate surface area is 211 Å². The summed E-state index contributed by atoms with van der Waals surface area (Å²) in [5.41, 5.74) is 6.37. The molecule has 0 aliphatic carbocycles. The minimum atomic E-state index is 0.742. The number of aromatic nitrogens is 3. The molecule has 5 rings (SSSR count). The SMILES string of the molecule is COc1ccc(CCc2nc3cc(-c4c(C)noc4C)ccc3n2CCN2CCOCC2)cc1OC. The molecule has 8 nitrogen and oxygen atoms in total. The Kier molecular flexibility index (Phi) is 7.25. The van der Waals surface area contributed by atoms with Crippen molar-refractivity contribution in [1.82, 2.24) is 19.6 Å². The quantitative estimate of drug-likeness (QED) is 0.343. The van der Waals surface area contributed by atoms with Crippen LogP contribution in [0.25, 0.3) is 22.2 Å². The molecule has 0 N–H and O–H groups in total. The van der Waals surface area contributed by atoms with Crippen molar-refractivity contribution in [3.63, 3.8) is 0 Å². The molecule has 0 saturated carbocycles. The summed E-state index contributed by atoms with van der Waals surface area (Å²) >= 11 is 0. The van der Waals surface area contributed by atoms with Crippen molar-refractivity contribution in [3.05, 3.63) is 59.2 Å². The van der Waals surface area contributed by atoms with Crippen LogP contribution >= 0.6 is 0 Å². The third-order valence-corrected chi connectivity index (χ3v) is 6.98. The number of hydrogen-bond acceptors (Lipinski definition) is 7. The minimum Gasteiger partial charge on any atom is -0.493 e. The van der Waals surface area contributed by atoms with Crippen LogP contribution in [0.4, 0.5) is 0 Å². The largest absolute Gasteiger partial charge is 0.493 e. The Morgan fingerprint density at radius 2 is 1.72 bits per heavy atom. The molecule has 0 atom stereocenters. The van der Waals surface area contributed by atoms with Gasteiger partial charge in [0.25, 0.3) is 0 Å². The Morgan fingerprint density at radius 1 is 0.917 bits per heavy atom. The van der Waals surface area contributed by atoms with Crippen LogP contribution in [0.5, 0.6) is 11.5 Å². The Bertz CT molecular complexity index is 1320. The van der Waals surface area contributed by atoms with E-state index in [1.165, 1.54) is 5.56 Å². The van der Waals surface area contributed by atoms with Crippen molar-refractivity contribution in [3.8, 4) is 22.6 Å². The van der Waals surface area contributed by atoms with Gasteiger partial charge in [-0.25, -0.2) is 4.98 Å². The Hall–Kier alpha value is -3.36. The maximum atomic E-state index is 5.53. The maximum Gasteiger partial charge on any atom is 0.160 e. The molecule has 8 heteroatoms.